The summed E-state index contributed by atoms with van der Waals surface area (Å²) >= 11 is 1.36. The van der Waals surface area contributed by atoms with Crippen LogP contribution in [0.3, 0.4) is 0 Å². The molecular weight excluding hydrogens is 554 g/mol. The van der Waals surface area contributed by atoms with E-state index in [4.69, 9.17) is 9.73 Å². The van der Waals surface area contributed by atoms with Gasteiger partial charge in [0.05, 0.1) is 29.0 Å². The number of aryl methyl sites for hydroxylation is 1. The highest BCUT2D eigenvalue weighted by atomic mass is 32.1. The first-order valence-corrected chi connectivity index (χ1v) is 15.3. The summed E-state index contributed by atoms with van der Waals surface area (Å²) in [4.78, 5) is 32.6. The van der Waals surface area contributed by atoms with E-state index in [0.29, 0.717) is 26.5 Å². The van der Waals surface area contributed by atoms with Gasteiger partial charge in [0.2, 0.25) is 0 Å². The van der Waals surface area contributed by atoms with E-state index in [-0.39, 0.29) is 5.56 Å². The van der Waals surface area contributed by atoms with Gasteiger partial charge in [-0.25, -0.2) is 9.79 Å². The first-order chi connectivity index (χ1) is 20.7. The number of hydrogen-bond donors (Lipinski definition) is 0. The minimum Gasteiger partial charge on any atom is -0.466 e. The van der Waals surface area contributed by atoms with Crippen LogP contribution in [0.1, 0.15) is 66.2 Å². The number of carbonyl (C=O) groups excluding carboxylic acids is 1. The highest BCUT2D eigenvalue weighted by Gasteiger charge is 2.33. The van der Waals surface area contributed by atoms with Gasteiger partial charge in [0.25, 0.3) is 5.56 Å². The smallest absolute Gasteiger partial charge is 0.338 e. The summed E-state index contributed by atoms with van der Waals surface area (Å²) in [5, 5.41) is 1.10. The quantitative estimate of drug-likeness (QED) is 0.223. The molecule has 43 heavy (non-hydrogen) atoms. The van der Waals surface area contributed by atoms with Crippen molar-refractivity contribution in [1.82, 2.24) is 9.13 Å². The first kappa shape index (κ1) is 28.6. The Morgan fingerprint density at radius 1 is 1.02 bits per heavy atom. The summed E-state index contributed by atoms with van der Waals surface area (Å²) in [6.07, 6.45) is 2.00. The van der Waals surface area contributed by atoms with E-state index in [1.807, 2.05) is 31.2 Å². The van der Waals surface area contributed by atoms with E-state index in [1.165, 1.54) is 29.6 Å². The number of hydrogen-bond acceptors (Lipinski definition) is 5. The van der Waals surface area contributed by atoms with Crippen molar-refractivity contribution < 1.29 is 9.53 Å². The average molecular weight is 590 g/mol. The first-order valence-electron chi connectivity index (χ1n) is 14.5. The summed E-state index contributed by atoms with van der Waals surface area (Å²) in [7, 11) is 1.36. The van der Waals surface area contributed by atoms with Gasteiger partial charge in [0.1, 0.15) is 0 Å². The monoisotopic (exact) mass is 589 g/mol. The number of carbonyl (C=O) groups is 1. The fourth-order valence-electron chi connectivity index (χ4n) is 5.98. The molecule has 0 saturated heterocycles. The Kier molecular flexibility index (Phi) is 7.52. The zero-order valence-electron chi connectivity index (χ0n) is 25.3. The van der Waals surface area contributed by atoms with Gasteiger partial charge in [-0.15, -0.1) is 0 Å². The van der Waals surface area contributed by atoms with E-state index in [9.17, 15) is 9.59 Å². The molecule has 3 heterocycles. The highest BCUT2D eigenvalue weighted by molar-refractivity contribution is 7.07. The minimum atomic E-state index is -0.630. The topological polar surface area (TPSA) is 65.6 Å². The van der Waals surface area contributed by atoms with Gasteiger partial charge in [0.15, 0.2) is 4.80 Å². The van der Waals surface area contributed by atoms with Crippen molar-refractivity contribution in [3.05, 3.63) is 137 Å². The number of fused-ring (bicyclic) bond motifs is 2. The van der Waals surface area contributed by atoms with Crippen molar-refractivity contribution in [1.29, 1.82) is 0 Å². The normalized spacial score (nSPS) is 15.2. The molecule has 7 heteroatoms. The standard InChI is InChI=1S/C36H35N3O3S/c1-21(2)26-13-15-27(16-14-26)33-32(35(41)42-6)23(4)37-36-39(33)34(40)31(43-36)19-28-24(5)38(20-25-10-8-7-9-11-25)30-17-12-22(3)18-29(28)30/h7-19,21,33H,20H2,1-6H3/b31-19-/t33-/m1/s1. The summed E-state index contributed by atoms with van der Waals surface area (Å²) in [6.45, 7) is 11.0. The molecule has 0 spiro atoms. The van der Waals surface area contributed by atoms with E-state index >= 15 is 0 Å². The molecule has 6 nitrogen and oxygen atoms in total. The van der Waals surface area contributed by atoms with Crippen molar-refractivity contribution in [2.45, 2.75) is 53.1 Å². The number of allylic oxidation sites excluding steroid dienone is 1. The molecule has 1 atom stereocenters. The van der Waals surface area contributed by atoms with Gasteiger partial charge in [-0.05, 0) is 61.6 Å². The van der Waals surface area contributed by atoms with Crippen LogP contribution in [0.5, 0.6) is 0 Å². The van der Waals surface area contributed by atoms with Crippen LogP contribution < -0.4 is 14.9 Å². The number of esters is 1. The second-order valence-corrected chi connectivity index (χ2v) is 12.5. The van der Waals surface area contributed by atoms with Gasteiger partial charge >= 0.3 is 5.97 Å². The fraction of sp³-hybridized carbons (Fsp3) is 0.250. The third-order valence-electron chi connectivity index (χ3n) is 8.33. The molecule has 2 aromatic heterocycles. The zero-order chi connectivity index (χ0) is 30.4. The van der Waals surface area contributed by atoms with E-state index < -0.39 is 12.0 Å². The maximum Gasteiger partial charge on any atom is 0.338 e. The summed E-state index contributed by atoms with van der Waals surface area (Å²) in [5.41, 5.74) is 8.39. The van der Waals surface area contributed by atoms with Gasteiger partial charge in [-0.1, -0.05) is 91.4 Å². The highest BCUT2D eigenvalue weighted by Crippen LogP contribution is 2.32. The molecule has 0 amide bonds. The molecule has 3 aromatic carbocycles. The molecule has 1 aliphatic rings. The summed E-state index contributed by atoms with van der Waals surface area (Å²) in [5.74, 6) is -0.118. The number of aromatic nitrogens is 2. The van der Waals surface area contributed by atoms with Crippen LogP contribution in [0.15, 0.2) is 93.9 Å². The SMILES string of the molecule is COC(=O)C1=C(C)N=c2s/c(=C\c3c(C)n(Cc4ccccc4)c4ccc(C)cc34)c(=O)n2[C@@H]1c1ccc(C(C)C)cc1. The number of ether oxygens (including phenoxy) is 1. The average Bonchev–Trinajstić information content (AvgIpc) is 3.44. The lowest BCUT2D eigenvalue weighted by molar-refractivity contribution is -0.136. The van der Waals surface area contributed by atoms with Crippen molar-refractivity contribution in [2.24, 2.45) is 4.99 Å². The van der Waals surface area contributed by atoms with Crippen LogP contribution in [0.25, 0.3) is 17.0 Å². The van der Waals surface area contributed by atoms with Crippen LogP contribution in [-0.2, 0) is 16.1 Å². The zero-order valence-corrected chi connectivity index (χ0v) is 26.2. The van der Waals surface area contributed by atoms with Gasteiger partial charge in [-0.3, -0.25) is 9.36 Å². The molecule has 0 saturated carbocycles. The van der Waals surface area contributed by atoms with Crippen LogP contribution in [0.4, 0.5) is 0 Å². The third kappa shape index (κ3) is 5.08. The lowest BCUT2D eigenvalue weighted by Crippen LogP contribution is -2.39. The largest absolute Gasteiger partial charge is 0.466 e. The summed E-state index contributed by atoms with van der Waals surface area (Å²) < 4.78 is 9.72. The molecule has 218 valence electrons. The van der Waals surface area contributed by atoms with E-state index in [1.54, 1.807) is 4.57 Å². The van der Waals surface area contributed by atoms with E-state index in [0.717, 1.165) is 39.8 Å². The second kappa shape index (κ2) is 11.3. The minimum absolute atomic E-state index is 0.174. The van der Waals surface area contributed by atoms with Crippen molar-refractivity contribution in [3.63, 3.8) is 0 Å². The Balaban J connectivity index is 1.56. The van der Waals surface area contributed by atoms with Gasteiger partial charge in [-0.2, -0.15) is 0 Å². The fourth-order valence-corrected chi connectivity index (χ4v) is 7.00. The van der Waals surface area contributed by atoms with Crippen LogP contribution in [-0.4, -0.2) is 22.2 Å². The predicted octanol–water partition coefficient (Wildman–Crippen LogP) is 6.15. The molecule has 6 rings (SSSR count). The molecule has 0 N–H and O–H groups in total. The van der Waals surface area contributed by atoms with E-state index in [2.05, 4.69) is 86.9 Å². The maximum absolute atomic E-state index is 14.3. The Morgan fingerprint density at radius 3 is 2.42 bits per heavy atom. The van der Waals surface area contributed by atoms with Gasteiger partial charge < -0.3 is 9.30 Å². The maximum atomic E-state index is 14.3. The lowest BCUT2D eigenvalue weighted by atomic mass is 9.93. The number of methoxy groups -OCH3 is 1. The number of thiazole rings is 1. The van der Waals surface area contributed by atoms with Crippen LogP contribution in [0.2, 0.25) is 0 Å². The Hall–Kier alpha value is -4.49. The van der Waals surface area contributed by atoms with Crippen LogP contribution >= 0.6 is 11.3 Å². The molecule has 0 bridgehead atoms. The molecule has 0 aliphatic carbocycles. The van der Waals surface area contributed by atoms with Gasteiger partial charge in [0, 0.05) is 28.7 Å². The molecule has 0 radical (unpaired) electrons. The summed E-state index contributed by atoms with van der Waals surface area (Å²) in [6, 6.07) is 24.4. The van der Waals surface area contributed by atoms with Crippen LogP contribution in [0, 0.1) is 13.8 Å². The third-order valence-corrected chi connectivity index (χ3v) is 9.32. The molecular formula is C36H35N3O3S. The Morgan fingerprint density at radius 2 is 1.74 bits per heavy atom. The molecule has 5 aromatic rings. The predicted molar refractivity (Wildman–Crippen MR) is 173 cm³/mol. The number of nitrogens with zero attached hydrogens (tertiary/aromatic N) is 3. The number of benzene rings is 3. The Labute approximate surface area is 254 Å². The van der Waals surface area contributed by atoms with Crippen molar-refractivity contribution in [3.8, 4) is 0 Å². The number of rotatable bonds is 6. The van der Waals surface area contributed by atoms with Crippen molar-refractivity contribution >= 4 is 34.3 Å². The van der Waals surface area contributed by atoms with Crippen molar-refractivity contribution in [2.75, 3.05) is 7.11 Å². The molecule has 0 fully saturated rings. The molecule has 0 unspecified atom stereocenters. The Bertz CT molecular complexity index is 2080. The second-order valence-electron chi connectivity index (χ2n) is 11.5. The molecule has 1 aliphatic heterocycles. The lowest BCUT2D eigenvalue weighted by Gasteiger charge is -2.24.